The van der Waals surface area contributed by atoms with Gasteiger partial charge in [0.2, 0.25) is 12.2 Å². The molecule has 0 aliphatic carbocycles. The van der Waals surface area contributed by atoms with E-state index in [9.17, 15) is 14.7 Å². The van der Waals surface area contributed by atoms with Crippen molar-refractivity contribution in [2.45, 2.75) is 45.3 Å². The van der Waals surface area contributed by atoms with Gasteiger partial charge in [0.05, 0.1) is 18.8 Å². The number of hydrogen-bond donors (Lipinski definition) is 3. The maximum Gasteiger partial charge on any atom is 0.305 e. The molecule has 0 spiro atoms. The van der Waals surface area contributed by atoms with Gasteiger partial charge in [-0.2, -0.15) is 0 Å². The Morgan fingerprint density at radius 3 is 2.44 bits per heavy atom. The topological polar surface area (TPSA) is 105 Å². The molecule has 1 saturated heterocycles. The number of esters is 1. The highest BCUT2D eigenvalue weighted by Gasteiger charge is 2.44. The number of aliphatic hydroxyl groups is 2. The number of aliphatic hydroxyl groups excluding tert-OH is 2. The van der Waals surface area contributed by atoms with E-state index < -0.39 is 43.0 Å². The van der Waals surface area contributed by atoms with Crippen molar-refractivity contribution in [3.8, 4) is 0 Å². The van der Waals surface area contributed by atoms with Gasteiger partial charge < -0.3 is 25.0 Å². The minimum Gasteiger partial charge on any atom is -0.434 e. The van der Waals surface area contributed by atoms with Crippen molar-refractivity contribution in [1.82, 2.24) is 5.32 Å². The Morgan fingerprint density at radius 2 is 2.00 bits per heavy atom. The second-order valence-electron chi connectivity index (χ2n) is 4.41. The smallest absolute Gasteiger partial charge is 0.305 e. The molecule has 104 valence electrons. The first-order valence-electron chi connectivity index (χ1n) is 5.75. The third kappa shape index (κ3) is 3.41. The molecule has 7 heteroatoms. The van der Waals surface area contributed by atoms with Crippen molar-refractivity contribution >= 4 is 11.9 Å². The van der Waals surface area contributed by atoms with Gasteiger partial charge >= 0.3 is 5.97 Å². The van der Waals surface area contributed by atoms with Crippen molar-refractivity contribution in [3.05, 3.63) is 0 Å². The Hall–Kier alpha value is -1.18. The van der Waals surface area contributed by atoms with Crippen LogP contribution in [0.3, 0.4) is 0 Å². The monoisotopic (exact) mass is 261 g/mol. The summed E-state index contributed by atoms with van der Waals surface area (Å²) in [5.74, 6) is -1.29. The lowest BCUT2D eigenvalue weighted by Crippen LogP contribution is -2.61. The van der Waals surface area contributed by atoms with Crippen LogP contribution in [0.4, 0.5) is 0 Å². The Balaban J connectivity index is 2.86. The van der Waals surface area contributed by atoms with Crippen LogP contribution in [-0.2, 0) is 19.1 Å². The average molecular weight is 261 g/mol. The highest BCUT2D eigenvalue weighted by Crippen LogP contribution is 2.26. The lowest BCUT2D eigenvalue weighted by molar-refractivity contribution is -0.250. The SMILES string of the molecule is CC(=O)NC1C(OC(C)=O)OC(CO)C(O)C1C. The highest BCUT2D eigenvalue weighted by atomic mass is 16.7. The van der Waals surface area contributed by atoms with E-state index in [1.807, 2.05) is 0 Å². The van der Waals surface area contributed by atoms with Crippen LogP contribution in [0.15, 0.2) is 0 Å². The lowest BCUT2D eigenvalue weighted by atomic mass is 9.89. The molecule has 0 saturated carbocycles. The van der Waals surface area contributed by atoms with Gasteiger partial charge in [0, 0.05) is 19.8 Å². The summed E-state index contributed by atoms with van der Waals surface area (Å²) < 4.78 is 10.2. The first-order chi connectivity index (χ1) is 8.36. The van der Waals surface area contributed by atoms with Crippen LogP contribution in [0.5, 0.6) is 0 Å². The number of amides is 1. The van der Waals surface area contributed by atoms with Gasteiger partial charge in [-0.25, -0.2) is 0 Å². The maximum atomic E-state index is 11.1. The summed E-state index contributed by atoms with van der Waals surface area (Å²) in [6.45, 7) is 3.84. The summed E-state index contributed by atoms with van der Waals surface area (Å²) >= 11 is 0. The number of ether oxygens (including phenoxy) is 2. The third-order valence-electron chi connectivity index (χ3n) is 2.92. The van der Waals surface area contributed by atoms with E-state index in [4.69, 9.17) is 14.6 Å². The van der Waals surface area contributed by atoms with E-state index in [2.05, 4.69) is 5.32 Å². The second kappa shape index (κ2) is 6.12. The second-order valence-corrected chi connectivity index (χ2v) is 4.41. The third-order valence-corrected chi connectivity index (χ3v) is 2.92. The molecule has 0 radical (unpaired) electrons. The predicted octanol–water partition coefficient (Wildman–Crippen LogP) is -1.23. The zero-order chi connectivity index (χ0) is 13.9. The molecule has 1 aliphatic rings. The molecule has 5 atom stereocenters. The maximum absolute atomic E-state index is 11.1. The van der Waals surface area contributed by atoms with Gasteiger partial charge in [0.15, 0.2) is 0 Å². The molecular formula is C11H19NO6. The van der Waals surface area contributed by atoms with Crippen LogP contribution in [-0.4, -0.2) is 53.2 Å². The van der Waals surface area contributed by atoms with E-state index in [0.29, 0.717) is 0 Å². The summed E-state index contributed by atoms with van der Waals surface area (Å²) in [5.41, 5.74) is 0. The van der Waals surface area contributed by atoms with E-state index in [-0.39, 0.29) is 5.91 Å². The number of carbonyl (C=O) groups excluding carboxylic acids is 2. The minimum atomic E-state index is -1.01. The largest absolute Gasteiger partial charge is 0.434 e. The first-order valence-corrected chi connectivity index (χ1v) is 5.75. The van der Waals surface area contributed by atoms with Gasteiger partial charge in [-0.15, -0.1) is 0 Å². The molecule has 1 heterocycles. The summed E-state index contributed by atoms with van der Waals surface area (Å²) in [7, 11) is 0. The van der Waals surface area contributed by atoms with Crippen LogP contribution >= 0.6 is 0 Å². The van der Waals surface area contributed by atoms with Gasteiger partial charge in [-0.05, 0) is 0 Å². The summed E-state index contributed by atoms with van der Waals surface area (Å²) in [5, 5.41) is 21.6. The first kappa shape index (κ1) is 14.9. The fraction of sp³-hybridized carbons (Fsp3) is 0.818. The van der Waals surface area contributed by atoms with E-state index in [1.165, 1.54) is 13.8 Å². The van der Waals surface area contributed by atoms with E-state index >= 15 is 0 Å². The summed E-state index contributed by atoms with van der Waals surface area (Å²) in [6, 6.07) is -0.649. The fourth-order valence-electron chi connectivity index (χ4n) is 1.99. The molecule has 1 aliphatic heterocycles. The number of carbonyl (C=O) groups is 2. The lowest BCUT2D eigenvalue weighted by Gasteiger charge is -2.42. The molecule has 1 fully saturated rings. The quantitative estimate of drug-likeness (QED) is 0.549. The molecule has 5 unspecified atom stereocenters. The summed E-state index contributed by atoms with van der Waals surface area (Å²) in [4.78, 5) is 22.1. The Kier molecular flexibility index (Phi) is 5.06. The zero-order valence-electron chi connectivity index (χ0n) is 10.6. The van der Waals surface area contributed by atoms with E-state index in [0.717, 1.165) is 0 Å². The van der Waals surface area contributed by atoms with Crippen molar-refractivity contribution in [3.63, 3.8) is 0 Å². The van der Waals surface area contributed by atoms with Crippen molar-refractivity contribution < 1.29 is 29.3 Å². The van der Waals surface area contributed by atoms with Crippen LogP contribution in [0, 0.1) is 5.92 Å². The molecule has 1 rings (SSSR count). The minimum absolute atomic E-state index is 0.317. The Labute approximate surface area is 105 Å². The Bertz CT molecular complexity index is 321. The molecular weight excluding hydrogens is 242 g/mol. The molecule has 1 amide bonds. The van der Waals surface area contributed by atoms with Gasteiger partial charge in [-0.3, -0.25) is 9.59 Å². The van der Waals surface area contributed by atoms with Crippen LogP contribution < -0.4 is 5.32 Å². The van der Waals surface area contributed by atoms with Crippen molar-refractivity contribution in [2.75, 3.05) is 6.61 Å². The molecule has 7 nitrogen and oxygen atoms in total. The highest BCUT2D eigenvalue weighted by molar-refractivity contribution is 5.73. The van der Waals surface area contributed by atoms with Gasteiger partial charge in [0.25, 0.3) is 0 Å². The summed E-state index contributed by atoms with van der Waals surface area (Å²) in [6.07, 6.45) is -2.80. The average Bonchev–Trinajstić information content (AvgIpc) is 2.27. The molecule has 18 heavy (non-hydrogen) atoms. The van der Waals surface area contributed by atoms with Crippen LogP contribution in [0.1, 0.15) is 20.8 Å². The molecule has 3 N–H and O–H groups in total. The van der Waals surface area contributed by atoms with Gasteiger partial charge in [0.1, 0.15) is 6.10 Å². The number of nitrogens with one attached hydrogen (secondary N) is 1. The Morgan fingerprint density at radius 1 is 1.39 bits per heavy atom. The zero-order valence-corrected chi connectivity index (χ0v) is 10.6. The van der Waals surface area contributed by atoms with Crippen LogP contribution in [0.25, 0.3) is 0 Å². The van der Waals surface area contributed by atoms with Gasteiger partial charge in [-0.1, -0.05) is 6.92 Å². The number of hydrogen-bond acceptors (Lipinski definition) is 6. The van der Waals surface area contributed by atoms with Crippen LogP contribution in [0.2, 0.25) is 0 Å². The van der Waals surface area contributed by atoms with Crippen molar-refractivity contribution in [1.29, 1.82) is 0 Å². The standard InChI is InChI=1S/C11H19NO6/c1-5-9(12-6(2)14)11(17-7(3)15)18-8(4-13)10(5)16/h5,8-11,13,16H,4H2,1-3H3,(H,12,14). The predicted molar refractivity (Wildman–Crippen MR) is 60.3 cm³/mol. The number of rotatable bonds is 3. The normalized spacial score (nSPS) is 35.9. The van der Waals surface area contributed by atoms with Crippen molar-refractivity contribution in [2.24, 2.45) is 5.92 Å². The molecule has 0 aromatic rings. The fourth-order valence-corrected chi connectivity index (χ4v) is 1.99. The molecule has 0 aromatic heterocycles. The molecule has 0 aromatic carbocycles. The molecule has 0 bridgehead atoms. The van der Waals surface area contributed by atoms with E-state index in [1.54, 1.807) is 6.92 Å².